The highest BCUT2D eigenvalue weighted by molar-refractivity contribution is 7.92. The highest BCUT2D eigenvalue weighted by Gasteiger charge is 2.16. The summed E-state index contributed by atoms with van der Waals surface area (Å²) in [5.74, 6) is -0.0644. The van der Waals surface area contributed by atoms with Crippen LogP contribution in [0.15, 0.2) is 41.4 Å². The first-order valence-corrected chi connectivity index (χ1v) is 6.88. The minimum absolute atomic E-state index is 0.0644. The average molecular weight is 290 g/mol. The van der Waals surface area contributed by atoms with Crippen LogP contribution in [0.25, 0.3) is 0 Å². The molecule has 0 radical (unpaired) electrons. The van der Waals surface area contributed by atoms with E-state index >= 15 is 0 Å². The van der Waals surface area contributed by atoms with Gasteiger partial charge in [0, 0.05) is 12.3 Å². The molecule has 0 aliphatic carbocycles. The number of nitriles is 1. The van der Waals surface area contributed by atoms with Gasteiger partial charge in [0.25, 0.3) is 10.0 Å². The predicted octanol–water partition coefficient (Wildman–Crippen LogP) is 1.04. The lowest BCUT2D eigenvalue weighted by Gasteiger charge is -2.10. The van der Waals surface area contributed by atoms with Crippen molar-refractivity contribution >= 4 is 21.4 Å². The lowest BCUT2D eigenvalue weighted by atomic mass is 10.2. The molecule has 1 heterocycles. The fourth-order valence-corrected chi connectivity index (χ4v) is 2.48. The number of sulfonamides is 1. The minimum atomic E-state index is -3.86. The van der Waals surface area contributed by atoms with Gasteiger partial charge in [0.15, 0.2) is 0 Å². The van der Waals surface area contributed by atoms with Gasteiger partial charge in [0.2, 0.25) is 0 Å². The maximum Gasteiger partial charge on any atom is 0.263 e. The molecule has 102 valence electrons. The zero-order chi connectivity index (χ0) is 14.8. The van der Waals surface area contributed by atoms with Gasteiger partial charge in [-0.2, -0.15) is 5.26 Å². The van der Waals surface area contributed by atoms with E-state index in [9.17, 15) is 13.5 Å². The van der Waals surface area contributed by atoms with Gasteiger partial charge in [0.05, 0.1) is 11.4 Å². The number of phenolic OH excluding ortho intramolecular Hbond substituents is 1. The molecule has 0 saturated carbocycles. The molecule has 2 rings (SSSR count). The number of benzene rings is 1. The predicted molar refractivity (Wildman–Crippen MR) is 72.3 cm³/mol. The van der Waals surface area contributed by atoms with Gasteiger partial charge in [-0.15, -0.1) is 0 Å². The van der Waals surface area contributed by atoms with E-state index in [4.69, 9.17) is 11.0 Å². The number of hydrogen-bond donors (Lipinski definition) is 3. The van der Waals surface area contributed by atoms with E-state index in [0.29, 0.717) is 0 Å². The monoisotopic (exact) mass is 290 g/mol. The third-order valence-corrected chi connectivity index (χ3v) is 3.79. The molecule has 0 bridgehead atoms. The number of anilines is 2. The summed E-state index contributed by atoms with van der Waals surface area (Å²) in [6, 6.07) is 8.25. The van der Waals surface area contributed by atoms with E-state index < -0.39 is 10.0 Å². The van der Waals surface area contributed by atoms with E-state index in [1.165, 1.54) is 30.3 Å². The van der Waals surface area contributed by atoms with Crippen LogP contribution in [-0.4, -0.2) is 18.5 Å². The topological polar surface area (TPSA) is 129 Å². The summed E-state index contributed by atoms with van der Waals surface area (Å²) >= 11 is 0. The van der Waals surface area contributed by atoms with E-state index in [0.717, 1.165) is 6.20 Å². The Morgan fingerprint density at radius 1 is 1.30 bits per heavy atom. The maximum atomic E-state index is 12.1. The largest absolute Gasteiger partial charge is 0.508 e. The first-order chi connectivity index (χ1) is 9.42. The standard InChI is InChI=1S/C12H10N4O3S/c13-6-8-1-3-10(7-15-8)20(18,19)16-12-4-2-9(17)5-11(12)14/h1-5,7,16-17H,14H2. The third-order valence-electron chi connectivity index (χ3n) is 2.44. The van der Waals surface area contributed by atoms with E-state index in [2.05, 4.69) is 9.71 Å². The number of nitrogen functional groups attached to an aromatic ring is 1. The molecular formula is C12H10N4O3S. The fraction of sp³-hybridized carbons (Fsp3) is 0. The van der Waals surface area contributed by atoms with E-state index in [-0.39, 0.29) is 27.7 Å². The van der Waals surface area contributed by atoms with Crippen LogP contribution in [0.4, 0.5) is 11.4 Å². The SMILES string of the molecule is N#Cc1ccc(S(=O)(=O)Nc2ccc(O)cc2N)cn1. The molecule has 0 saturated heterocycles. The van der Waals surface area contributed by atoms with Crippen LogP contribution in [-0.2, 0) is 10.0 Å². The average Bonchev–Trinajstić information content (AvgIpc) is 2.42. The molecule has 1 aromatic carbocycles. The van der Waals surface area contributed by atoms with Crippen molar-refractivity contribution in [3.05, 3.63) is 42.2 Å². The van der Waals surface area contributed by atoms with Gasteiger partial charge in [-0.3, -0.25) is 4.72 Å². The van der Waals surface area contributed by atoms with Gasteiger partial charge < -0.3 is 10.8 Å². The summed E-state index contributed by atoms with van der Waals surface area (Å²) in [6.45, 7) is 0. The summed E-state index contributed by atoms with van der Waals surface area (Å²) in [6.07, 6.45) is 1.08. The number of pyridine rings is 1. The fourth-order valence-electron chi connectivity index (χ4n) is 1.45. The normalized spacial score (nSPS) is 10.8. The second kappa shape index (κ2) is 5.07. The van der Waals surface area contributed by atoms with Crippen molar-refractivity contribution < 1.29 is 13.5 Å². The van der Waals surface area contributed by atoms with Crippen LogP contribution in [0, 0.1) is 11.3 Å². The molecule has 20 heavy (non-hydrogen) atoms. The lowest BCUT2D eigenvalue weighted by molar-refractivity contribution is 0.475. The number of phenols is 1. The highest BCUT2D eigenvalue weighted by Crippen LogP contribution is 2.25. The Bertz CT molecular complexity index is 779. The number of aromatic nitrogens is 1. The van der Waals surface area contributed by atoms with Crippen molar-refractivity contribution in [3.63, 3.8) is 0 Å². The molecule has 1 aromatic heterocycles. The Hall–Kier alpha value is -2.79. The number of rotatable bonds is 3. The first-order valence-electron chi connectivity index (χ1n) is 5.40. The molecule has 0 atom stereocenters. The van der Waals surface area contributed by atoms with Crippen molar-refractivity contribution in [1.29, 1.82) is 5.26 Å². The second-order valence-corrected chi connectivity index (χ2v) is 5.55. The van der Waals surface area contributed by atoms with Crippen LogP contribution < -0.4 is 10.5 Å². The summed E-state index contributed by atoms with van der Waals surface area (Å²) in [7, 11) is -3.86. The summed E-state index contributed by atoms with van der Waals surface area (Å²) in [5.41, 5.74) is 5.96. The zero-order valence-corrected chi connectivity index (χ0v) is 10.9. The highest BCUT2D eigenvalue weighted by atomic mass is 32.2. The Labute approximate surface area is 115 Å². The molecular weight excluding hydrogens is 280 g/mol. The number of nitrogens with two attached hydrogens (primary N) is 1. The second-order valence-electron chi connectivity index (χ2n) is 3.87. The van der Waals surface area contributed by atoms with Gasteiger partial charge in [0.1, 0.15) is 22.4 Å². The Morgan fingerprint density at radius 2 is 2.05 bits per heavy atom. The van der Waals surface area contributed by atoms with Crippen LogP contribution >= 0.6 is 0 Å². The minimum Gasteiger partial charge on any atom is -0.508 e. The van der Waals surface area contributed by atoms with Crippen molar-refractivity contribution in [2.45, 2.75) is 4.90 Å². The lowest BCUT2D eigenvalue weighted by Crippen LogP contribution is -2.14. The van der Waals surface area contributed by atoms with Crippen LogP contribution in [0.1, 0.15) is 5.69 Å². The smallest absolute Gasteiger partial charge is 0.263 e. The molecule has 0 fully saturated rings. The molecule has 0 aliphatic rings. The summed E-state index contributed by atoms with van der Waals surface area (Å²) < 4.78 is 26.5. The third kappa shape index (κ3) is 2.78. The quantitative estimate of drug-likeness (QED) is 0.572. The number of aromatic hydroxyl groups is 1. The van der Waals surface area contributed by atoms with Crippen LogP contribution in [0.5, 0.6) is 5.75 Å². The van der Waals surface area contributed by atoms with Crippen molar-refractivity contribution in [2.75, 3.05) is 10.5 Å². The van der Waals surface area contributed by atoms with Gasteiger partial charge >= 0.3 is 0 Å². The summed E-state index contributed by atoms with van der Waals surface area (Å²) in [5, 5.41) is 17.8. The molecule has 0 spiro atoms. The van der Waals surface area contributed by atoms with Crippen molar-refractivity contribution in [1.82, 2.24) is 4.98 Å². The zero-order valence-electron chi connectivity index (χ0n) is 10.1. The Kier molecular flexibility index (Phi) is 3.45. The van der Waals surface area contributed by atoms with Gasteiger partial charge in [-0.05, 0) is 24.3 Å². The van der Waals surface area contributed by atoms with Crippen molar-refractivity contribution in [3.8, 4) is 11.8 Å². The Balaban J connectivity index is 2.33. The molecule has 0 aliphatic heterocycles. The molecule has 8 heteroatoms. The Morgan fingerprint density at radius 3 is 2.60 bits per heavy atom. The molecule has 7 nitrogen and oxygen atoms in total. The van der Waals surface area contributed by atoms with E-state index in [1.54, 1.807) is 6.07 Å². The first kappa shape index (κ1) is 13.6. The van der Waals surface area contributed by atoms with Crippen molar-refractivity contribution in [2.24, 2.45) is 0 Å². The van der Waals surface area contributed by atoms with Crippen LogP contribution in [0.3, 0.4) is 0 Å². The number of hydrogen-bond acceptors (Lipinski definition) is 6. The van der Waals surface area contributed by atoms with E-state index in [1.807, 2.05) is 0 Å². The maximum absolute atomic E-state index is 12.1. The van der Waals surface area contributed by atoms with Gasteiger partial charge in [-0.1, -0.05) is 0 Å². The van der Waals surface area contributed by atoms with Gasteiger partial charge in [-0.25, -0.2) is 13.4 Å². The summed E-state index contributed by atoms with van der Waals surface area (Å²) in [4.78, 5) is 3.60. The number of nitrogens with one attached hydrogen (secondary N) is 1. The molecule has 2 aromatic rings. The van der Waals surface area contributed by atoms with Crippen LogP contribution in [0.2, 0.25) is 0 Å². The number of nitrogens with zero attached hydrogens (tertiary/aromatic N) is 2. The molecule has 0 amide bonds. The molecule has 4 N–H and O–H groups in total. The molecule has 0 unspecified atom stereocenters.